The van der Waals surface area contributed by atoms with Gasteiger partial charge in [0, 0.05) is 25.7 Å². The van der Waals surface area contributed by atoms with Crippen molar-refractivity contribution in [2.75, 3.05) is 44.6 Å². The highest BCUT2D eigenvalue weighted by atomic mass is 35.5. The zero-order chi connectivity index (χ0) is 22.7. The number of nitrogens with zero attached hydrogens (tertiary/aromatic N) is 2. The maximum Gasteiger partial charge on any atom is 0.262 e. The van der Waals surface area contributed by atoms with Gasteiger partial charge in [-0.3, -0.25) is 9.59 Å². The molecule has 0 saturated carbocycles. The first-order chi connectivity index (χ1) is 15.4. The van der Waals surface area contributed by atoms with Crippen molar-refractivity contribution < 1.29 is 22.7 Å². The van der Waals surface area contributed by atoms with Crippen LogP contribution in [-0.2, 0) is 19.6 Å². The molecule has 1 aromatic rings. The average molecular weight is 485 g/mol. The topological polar surface area (TPSA) is 108 Å². The summed E-state index contributed by atoms with van der Waals surface area (Å²) in [6.45, 7) is 3.40. The van der Waals surface area contributed by atoms with E-state index in [0.717, 1.165) is 19.6 Å². The van der Waals surface area contributed by atoms with Crippen LogP contribution in [0.5, 0.6) is 5.75 Å². The summed E-state index contributed by atoms with van der Waals surface area (Å²) in [5.74, 6) is -0.371. The lowest BCUT2D eigenvalue weighted by atomic mass is 10.2. The number of anilines is 1. The lowest BCUT2D eigenvalue weighted by Gasteiger charge is -2.26. The van der Waals surface area contributed by atoms with Crippen LogP contribution >= 0.6 is 11.6 Å². The number of hydrogen-bond donors (Lipinski definition) is 2. The van der Waals surface area contributed by atoms with Gasteiger partial charge >= 0.3 is 0 Å². The van der Waals surface area contributed by atoms with Gasteiger partial charge in [-0.15, -0.1) is 0 Å². The number of rotatable bonds is 6. The van der Waals surface area contributed by atoms with Crippen LogP contribution in [0.25, 0.3) is 0 Å². The van der Waals surface area contributed by atoms with E-state index in [2.05, 4.69) is 15.5 Å². The van der Waals surface area contributed by atoms with E-state index in [1.54, 1.807) is 0 Å². The molecule has 1 unspecified atom stereocenters. The number of ether oxygens (including phenoxy) is 1. The first-order valence-corrected chi connectivity index (χ1v) is 13.0. The van der Waals surface area contributed by atoms with Gasteiger partial charge in [0.15, 0.2) is 6.61 Å². The van der Waals surface area contributed by atoms with Crippen molar-refractivity contribution in [3.63, 3.8) is 0 Å². The molecule has 3 heterocycles. The lowest BCUT2D eigenvalue weighted by Crippen LogP contribution is -2.47. The molecule has 11 heteroatoms. The normalized spacial score (nSPS) is 22.5. The second-order valence-corrected chi connectivity index (χ2v) is 10.7. The van der Waals surface area contributed by atoms with Crippen LogP contribution in [0.2, 0.25) is 5.02 Å². The summed E-state index contributed by atoms with van der Waals surface area (Å²) in [6.07, 6.45) is 5.92. The third-order valence-electron chi connectivity index (χ3n) is 6.19. The molecule has 0 radical (unpaired) electrons. The molecule has 32 heavy (non-hydrogen) atoms. The Morgan fingerprint density at radius 1 is 1.16 bits per heavy atom. The van der Waals surface area contributed by atoms with E-state index >= 15 is 0 Å². The maximum absolute atomic E-state index is 13.4. The van der Waals surface area contributed by atoms with E-state index in [4.69, 9.17) is 16.3 Å². The fourth-order valence-corrected chi connectivity index (χ4v) is 6.69. The van der Waals surface area contributed by atoms with Gasteiger partial charge in [0.25, 0.3) is 5.91 Å². The molecule has 2 fully saturated rings. The first-order valence-electron chi connectivity index (χ1n) is 11.1. The molecule has 176 valence electrons. The van der Waals surface area contributed by atoms with Gasteiger partial charge in [-0.1, -0.05) is 24.4 Å². The van der Waals surface area contributed by atoms with Crippen LogP contribution in [0, 0.1) is 0 Å². The molecule has 2 N–H and O–H groups in total. The minimum Gasteiger partial charge on any atom is -0.482 e. The zero-order valence-electron chi connectivity index (χ0n) is 17.9. The summed E-state index contributed by atoms with van der Waals surface area (Å²) in [6, 6.07) is 1.92. The smallest absolute Gasteiger partial charge is 0.262 e. The van der Waals surface area contributed by atoms with Gasteiger partial charge in [-0.25, -0.2) is 8.42 Å². The van der Waals surface area contributed by atoms with Gasteiger partial charge in [-0.05, 0) is 44.8 Å². The highest BCUT2D eigenvalue weighted by Gasteiger charge is 2.40. The third-order valence-corrected chi connectivity index (χ3v) is 8.56. The minimum absolute atomic E-state index is 0.0261. The second kappa shape index (κ2) is 9.94. The Bertz CT molecular complexity index is 979. The number of benzene rings is 1. The summed E-state index contributed by atoms with van der Waals surface area (Å²) < 4.78 is 33.4. The van der Waals surface area contributed by atoms with Crippen molar-refractivity contribution in [3.05, 3.63) is 17.2 Å². The number of hydrogen-bond acceptors (Lipinski definition) is 6. The molecule has 0 aromatic heterocycles. The van der Waals surface area contributed by atoms with E-state index in [0.29, 0.717) is 25.1 Å². The standard InChI is InChI=1S/C21H29ClN4O5S/c22-15-12-16-18(31-14-20(27)24-16)13-19(15)32(29,30)26-10-5-6-17(26)21(28)23-7-11-25-8-3-1-2-4-9-25/h12-13,17H,1-11,14H2,(H,23,28)(H,24,27). The Kier molecular flexibility index (Phi) is 7.24. The Labute approximate surface area is 193 Å². The SMILES string of the molecule is O=C1COc2cc(S(=O)(=O)N3CCCC3C(=O)NCCN3CCCCCC3)c(Cl)cc2N1. The second-order valence-electron chi connectivity index (χ2n) is 8.44. The maximum atomic E-state index is 13.4. The Balaban J connectivity index is 1.44. The quantitative estimate of drug-likeness (QED) is 0.637. The van der Waals surface area contributed by atoms with Crippen molar-refractivity contribution in [3.8, 4) is 5.75 Å². The lowest BCUT2D eigenvalue weighted by molar-refractivity contribution is -0.124. The predicted molar refractivity (Wildman–Crippen MR) is 120 cm³/mol. The summed E-state index contributed by atoms with van der Waals surface area (Å²) in [5.41, 5.74) is 0.328. The average Bonchev–Trinajstić information content (AvgIpc) is 3.12. The van der Waals surface area contributed by atoms with Crippen molar-refractivity contribution in [1.82, 2.24) is 14.5 Å². The van der Waals surface area contributed by atoms with Crippen LogP contribution in [0.4, 0.5) is 5.69 Å². The predicted octanol–water partition coefficient (Wildman–Crippen LogP) is 1.82. The van der Waals surface area contributed by atoms with Gasteiger partial charge < -0.3 is 20.3 Å². The van der Waals surface area contributed by atoms with Crippen LogP contribution < -0.4 is 15.4 Å². The number of fused-ring (bicyclic) bond motifs is 1. The van der Waals surface area contributed by atoms with Crippen molar-refractivity contribution in [1.29, 1.82) is 0 Å². The number of amides is 2. The molecule has 3 aliphatic rings. The van der Waals surface area contributed by atoms with Gasteiger partial charge in [0.2, 0.25) is 15.9 Å². The molecule has 4 rings (SSSR count). The molecule has 1 atom stereocenters. The number of nitrogens with one attached hydrogen (secondary N) is 2. The summed E-state index contributed by atoms with van der Waals surface area (Å²) >= 11 is 6.26. The van der Waals surface area contributed by atoms with Crippen LogP contribution in [0.15, 0.2) is 17.0 Å². The van der Waals surface area contributed by atoms with E-state index in [1.165, 1.54) is 42.1 Å². The van der Waals surface area contributed by atoms with Gasteiger partial charge in [0.1, 0.15) is 16.7 Å². The van der Waals surface area contributed by atoms with Crippen LogP contribution in [-0.4, -0.2) is 74.8 Å². The molecule has 2 saturated heterocycles. The molecular weight excluding hydrogens is 456 g/mol. The largest absolute Gasteiger partial charge is 0.482 e. The number of carbonyl (C=O) groups excluding carboxylic acids is 2. The minimum atomic E-state index is -4.02. The molecule has 2 amide bonds. The van der Waals surface area contributed by atoms with E-state index in [9.17, 15) is 18.0 Å². The Hall–Kier alpha value is -1.88. The Morgan fingerprint density at radius 3 is 2.66 bits per heavy atom. The van der Waals surface area contributed by atoms with Crippen LogP contribution in [0.1, 0.15) is 38.5 Å². The van der Waals surface area contributed by atoms with Gasteiger partial charge in [0.05, 0.1) is 10.7 Å². The molecule has 0 spiro atoms. The molecule has 0 bridgehead atoms. The van der Waals surface area contributed by atoms with Crippen molar-refractivity contribution in [2.24, 2.45) is 0 Å². The number of likely N-dealkylation sites (tertiary alicyclic amines) is 1. The monoisotopic (exact) mass is 484 g/mol. The molecule has 3 aliphatic heterocycles. The first kappa shape index (κ1) is 23.3. The number of sulfonamides is 1. The van der Waals surface area contributed by atoms with Crippen molar-refractivity contribution >= 4 is 39.1 Å². The highest BCUT2D eigenvalue weighted by Crippen LogP contribution is 2.38. The molecule has 0 aliphatic carbocycles. The van der Waals surface area contributed by atoms with E-state index < -0.39 is 16.1 Å². The van der Waals surface area contributed by atoms with Gasteiger partial charge in [-0.2, -0.15) is 4.31 Å². The van der Waals surface area contributed by atoms with Crippen LogP contribution in [0.3, 0.4) is 0 Å². The highest BCUT2D eigenvalue weighted by molar-refractivity contribution is 7.89. The molecule has 1 aromatic carbocycles. The zero-order valence-corrected chi connectivity index (χ0v) is 19.5. The van der Waals surface area contributed by atoms with E-state index in [1.807, 2.05) is 0 Å². The van der Waals surface area contributed by atoms with E-state index in [-0.39, 0.29) is 40.6 Å². The summed E-state index contributed by atoms with van der Waals surface area (Å²) in [5, 5.41) is 5.50. The fraction of sp³-hybridized carbons (Fsp3) is 0.619. The number of halogens is 1. The van der Waals surface area contributed by atoms with Crippen molar-refractivity contribution in [2.45, 2.75) is 49.5 Å². The number of carbonyl (C=O) groups is 2. The Morgan fingerprint density at radius 2 is 1.91 bits per heavy atom. The molecular formula is C21H29ClN4O5S. The fourth-order valence-electron chi connectivity index (χ4n) is 4.51. The summed E-state index contributed by atoms with van der Waals surface area (Å²) in [7, 11) is -4.02. The third kappa shape index (κ3) is 5.03. The summed E-state index contributed by atoms with van der Waals surface area (Å²) in [4.78, 5) is 26.6. The molecule has 9 nitrogen and oxygen atoms in total.